The maximum absolute atomic E-state index is 14.3. The van der Waals surface area contributed by atoms with Gasteiger partial charge in [0.1, 0.15) is 6.61 Å². The first-order valence-corrected chi connectivity index (χ1v) is 15.8. The summed E-state index contributed by atoms with van der Waals surface area (Å²) in [4.78, 5) is 32.7. The Bertz CT molecular complexity index is 1970. The molecule has 3 aromatic carbocycles. The third-order valence-corrected chi connectivity index (χ3v) is 9.05. The Kier molecular flexibility index (Phi) is 10.0. The predicted molar refractivity (Wildman–Crippen MR) is 176 cm³/mol. The fourth-order valence-corrected chi connectivity index (χ4v) is 6.71. The second-order valence-electron chi connectivity index (χ2n) is 9.82. The van der Waals surface area contributed by atoms with Crippen LogP contribution >= 0.6 is 38.9 Å². The van der Waals surface area contributed by atoms with Crippen LogP contribution in [-0.4, -0.2) is 38.5 Å². The number of carbonyl (C=O) groups is 1. The highest BCUT2D eigenvalue weighted by Gasteiger charge is 2.35. The summed E-state index contributed by atoms with van der Waals surface area (Å²) in [6, 6.07) is 15.4. The van der Waals surface area contributed by atoms with Crippen LogP contribution in [0.1, 0.15) is 36.6 Å². The van der Waals surface area contributed by atoms with Gasteiger partial charge in [0.25, 0.3) is 5.56 Å². The monoisotopic (exact) mass is 712 g/mol. The molecule has 234 valence electrons. The molecule has 45 heavy (non-hydrogen) atoms. The number of allylic oxidation sites excluding steroid dienone is 1. The normalized spacial score (nSPS) is 14.5. The van der Waals surface area contributed by atoms with Gasteiger partial charge < -0.3 is 23.7 Å². The molecule has 0 unspecified atom stereocenters. The maximum Gasteiger partial charge on any atom is 0.338 e. The molecule has 0 bridgehead atoms. The molecule has 0 saturated carbocycles. The Hall–Kier alpha value is -4.06. The average molecular weight is 714 g/mol. The van der Waals surface area contributed by atoms with Gasteiger partial charge in [-0.3, -0.25) is 9.36 Å². The molecule has 1 aromatic heterocycles. The summed E-state index contributed by atoms with van der Waals surface area (Å²) in [5, 5.41) is 0.631. The van der Waals surface area contributed by atoms with E-state index in [1.165, 1.54) is 30.1 Å². The Labute approximate surface area is 277 Å². The van der Waals surface area contributed by atoms with Gasteiger partial charge in [-0.05, 0) is 61.4 Å². The van der Waals surface area contributed by atoms with Crippen molar-refractivity contribution in [3.63, 3.8) is 0 Å². The molecular weight excluding hydrogens is 684 g/mol. The minimum atomic E-state index is -0.859. The molecule has 0 radical (unpaired) electrons. The smallest absolute Gasteiger partial charge is 0.338 e. The van der Waals surface area contributed by atoms with E-state index in [1.807, 2.05) is 24.3 Å². The lowest BCUT2D eigenvalue weighted by Crippen LogP contribution is -2.40. The van der Waals surface area contributed by atoms with Gasteiger partial charge >= 0.3 is 5.97 Å². The zero-order valence-corrected chi connectivity index (χ0v) is 28.3. The summed E-state index contributed by atoms with van der Waals surface area (Å²) in [6.07, 6.45) is 1.74. The van der Waals surface area contributed by atoms with Crippen LogP contribution in [0.15, 0.2) is 80.1 Å². The molecule has 1 aliphatic heterocycles. The van der Waals surface area contributed by atoms with Gasteiger partial charge in [0, 0.05) is 15.1 Å². The molecule has 0 N–H and O–H groups in total. The van der Waals surface area contributed by atoms with E-state index in [0.717, 1.165) is 5.56 Å². The molecule has 0 aliphatic carbocycles. The third kappa shape index (κ3) is 6.51. The van der Waals surface area contributed by atoms with E-state index in [1.54, 1.807) is 57.4 Å². The lowest BCUT2D eigenvalue weighted by molar-refractivity contribution is -0.139. The molecule has 2 heterocycles. The summed E-state index contributed by atoms with van der Waals surface area (Å²) in [5.74, 6) is 1.35. The van der Waals surface area contributed by atoms with Crippen molar-refractivity contribution in [3.8, 4) is 23.0 Å². The number of thiazole rings is 1. The van der Waals surface area contributed by atoms with Crippen molar-refractivity contribution in [2.45, 2.75) is 26.5 Å². The van der Waals surface area contributed by atoms with Crippen molar-refractivity contribution in [2.24, 2.45) is 4.99 Å². The van der Waals surface area contributed by atoms with Crippen molar-refractivity contribution >= 4 is 50.9 Å². The third-order valence-electron chi connectivity index (χ3n) is 7.13. The Morgan fingerprint density at radius 1 is 1.04 bits per heavy atom. The summed E-state index contributed by atoms with van der Waals surface area (Å²) >= 11 is 10.9. The second-order valence-corrected chi connectivity index (χ2v) is 12.1. The van der Waals surface area contributed by atoms with Crippen molar-refractivity contribution < 1.29 is 28.5 Å². The van der Waals surface area contributed by atoms with Gasteiger partial charge in [0.15, 0.2) is 27.8 Å². The minimum Gasteiger partial charge on any atom is -0.493 e. The molecule has 0 fully saturated rings. The van der Waals surface area contributed by atoms with Crippen molar-refractivity contribution in [1.29, 1.82) is 0 Å². The number of ether oxygens (including phenoxy) is 5. The fourth-order valence-electron chi connectivity index (χ4n) is 5.00. The predicted octanol–water partition coefficient (Wildman–Crippen LogP) is 5.82. The van der Waals surface area contributed by atoms with Crippen LogP contribution in [0.2, 0.25) is 5.02 Å². The molecular formula is C33H30BrClN2O7S. The minimum absolute atomic E-state index is 0.161. The number of halogens is 2. The number of rotatable bonds is 10. The number of para-hydroxylation sites is 1. The number of esters is 1. The quantitative estimate of drug-likeness (QED) is 0.191. The van der Waals surface area contributed by atoms with E-state index in [9.17, 15) is 9.59 Å². The number of nitrogens with zero attached hydrogens (tertiary/aromatic N) is 2. The van der Waals surface area contributed by atoms with Crippen LogP contribution in [0.3, 0.4) is 0 Å². The second kappa shape index (κ2) is 13.9. The SMILES string of the molecule is CCOC(=O)C1=C(C)N=c2s/c(=C\c3cccc(OC)c3OCc3ccc(Cl)cc3)c(=O)n2[C@H]1c1cc(OC)c(OC)cc1Br. The standard InChI is InChI=1S/C33H30BrClN2O7S/c1-6-43-32(39)28-18(2)36-33-37(29(28)22-15-25(41-4)26(42-5)16-23(22)34)31(38)27(45-33)14-20-8-7-9-24(40-3)30(20)44-17-19-10-12-21(35)13-11-19/h7-16,29H,6,17H2,1-5H3/b27-14-/t29-/m0/s1. The topological polar surface area (TPSA) is 97.6 Å². The zero-order valence-electron chi connectivity index (χ0n) is 25.2. The van der Waals surface area contributed by atoms with Crippen molar-refractivity contribution in [1.82, 2.24) is 4.57 Å². The maximum atomic E-state index is 14.3. The van der Waals surface area contributed by atoms with Crippen LogP contribution in [0.5, 0.6) is 23.0 Å². The number of benzene rings is 3. The molecule has 9 nitrogen and oxygen atoms in total. The lowest BCUT2D eigenvalue weighted by atomic mass is 9.95. The number of carbonyl (C=O) groups excluding carboxylic acids is 1. The average Bonchev–Trinajstić information content (AvgIpc) is 3.34. The summed E-state index contributed by atoms with van der Waals surface area (Å²) in [5.41, 5.74) is 2.51. The lowest BCUT2D eigenvalue weighted by Gasteiger charge is -2.26. The van der Waals surface area contributed by atoms with E-state index >= 15 is 0 Å². The van der Waals surface area contributed by atoms with E-state index in [-0.39, 0.29) is 24.3 Å². The summed E-state index contributed by atoms with van der Waals surface area (Å²) < 4.78 is 30.8. The van der Waals surface area contributed by atoms with E-state index < -0.39 is 12.0 Å². The summed E-state index contributed by atoms with van der Waals surface area (Å²) in [6.45, 7) is 3.88. The van der Waals surface area contributed by atoms with Gasteiger partial charge in [-0.1, -0.05) is 63.1 Å². The van der Waals surface area contributed by atoms with Crippen LogP contribution in [-0.2, 0) is 16.1 Å². The van der Waals surface area contributed by atoms with Crippen LogP contribution < -0.4 is 33.8 Å². The van der Waals surface area contributed by atoms with Crippen LogP contribution in [0, 0.1) is 0 Å². The Morgan fingerprint density at radius 3 is 2.40 bits per heavy atom. The molecule has 0 saturated heterocycles. The van der Waals surface area contributed by atoms with Gasteiger partial charge in [-0.15, -0.1) is 0 Å². The van der Waals surface area contributed by atoms with Crippen molar-refractivity contribution in [3.05, 3.63) is 112 Å². The highest BCUT2D eigenvalue weighted by atomic mass is 79.9. The number of methoxy groups -OCH3 is 3. The van der Waals surface area contributed by atoms with E-state index in [2.05, 4.69) is 20.9 Å². The number of hydrogen-bond acceptors (Lipinski definition) is 9. The largest absolute Gasteiger partial charge is 0.493 e. The number of aromatic nitrogens is 1. The fraction of sp³-hybridized carbons (Fsp3) is 0.242. The molecule has 1 aliphatic rings. The summed E-state index contributed by atoms with van der Waals surface area (Å²) in [7, 11) is 4.62. The highest BCUT2D eigenvalue weighted by Crippen LogP contribution is 2.41. The first kappa shape index (κ1) is 32.3. The molecule has 12 heteroatoms. The molecule has 4 aromatic rings. The molecule has 0 spiro atoms. The van der Waals surface area contributed by atoms with Gasteiger partial charge in [0.05, 0.1) is 49.8 Å². The molecule has 1 atom stereocenters. The van der Waals surface area contributed by atoms with Gasteiger partial charge in [-0.2, -0.15) is 0 Å². The Morgan fingerprint density at radius 2 is 1.73 bits per heavy atom. The Balaban J connectivity index is 1.68. The number of fused-ring (bicyclic) bond motifs is 1. The van der Waals surface area contributed by atoms with Crippen LogP contribution in [0.4, 0.5) is 0 Å². The first-order valence-electron chi connectivity index (χ1n) is 13.9. The first-order chi connectivity index (χ1) is 21.7. The number of hydrogen-bond donors (Lipinski definition) is 0. The molecule has 0 amide bonds. The van der Waals surface area contributed by atoms with Gasteiger partial charge in [-0.25, -0.2) is 9.79 Å². The van der Waals surface area contributed by atoms with Crippen molar-refractivity contribution in [2.75, 3.05) is 27.9 Å². The van der Waals surface area contributed by atoms with Crippen LogP contribution in [0.25, 0.3) is 6.08 Å². The van der Waals surface area contributed by atoms with E-state index in [4.69, 9.17) is 35.3 Å². The zero-order chi connectivity index (χ0) is 32.2. The van der Waals surface area contributed by atoms with Gasteiger partial charge in [0.2, 0.25) is 0 Å². The molecule has 5 rings (SSSR count). The van der Waals surface area contributed by atoms with E-state index in [0.29, 0.717) is 58.7 Å². The highest BCUT2D eigenvalue weighted by molar-refractivity contribution is 9.10.